The maximum Gasteiger partial charge on any atom is 0.0737 e. The molecule has 1 fully saturated rings. The Hall–Kier alpha value is -0.0800. The zero-order valence-corrected chi connectivity index (χ0v) is 6.18. The summed E-state index contributed by atoms with van der Waals surface area (Å²) in [6, 6.07) is 0. The lowest BCUT2D eigenvalue weighted by Gasteiger charge is -2.16. The van der Waals surface area contributed by atoms with Crippen molar-refractivity contribution >= 4 is 0 Å². The molecule has 54 valence electrons. The summed E-state index contributed by atoms with van der Waals surface area (Å²) in [7, 11) is 0. The smallest absolute Gasteiger partial charge is 0.0737 e. The first-order valence-corrected chi connectivity index (χ1v) is 3.53. The zero-order valence-electron chi connectivity index (χ0n) is 6.18. The Morgan fingerprint density at radius 1 is 1.56 bits per heavy atom. The summed E-state index contributed by atoms with van der Waals surface area (Å²) in [4.78, 5) is 4.63. The van der Waals surface area contributed by atoms with Gasteiger partial charge in [0, 0.05) is 0 Å². The summed E-state index contributed by atoms with van der Waals surface area (Å²) in [6.07, 6.45) is 2.59. The fourth-order valence-electron chi connectivity index (χ4n) is 1.21. The van der Waals surface area contributed by atoms with Gasteiger partial charge in [-0.1, -0.05) is 13.8 Å². The monoisotopic (exact) mass is 129 g/mol. The largest absolute Gasteiger partial charge is 0.304 e. The predicted octanol–water partition coefficient (Wildman–Crippen LogP) is 1.31. The Morgan fingerprint density at radius 2 is 2.11 bits per heavy atom. The molecule has 0 aromatic carbocycles. The lowest BCUT2D eigenvalue weighted by atomic mass is 9.94. The predicted molar refractivity (Wildman–Crippen MR) is 36.6 cm³/mol. The van der Waals surface area contributed by atoms with Gasteiger partial charge in [0.05, 0.1) is 6.61 Å². The summed E-state index contributed by atoms with van der Waals surface area (Å²) in [5.41, 5.74) is 0.453. The maximum absolute atomic E-state index is 4.99. The molecule has 1 aliphatic carbocycles. The van der Waals surface area contributed by atoms with Crippen molar-refractivity contribution in [2.24, 2.45) is 17.2 Å². The lowest BCUT2D eigenvalue weighted by Crippen LogP contribution is -2.19. The molecule has 0 atom stereocenters. The molecule has 0 unspecified atom stereocenters. The molecule has 0 spiro atoms. The second-order valence-corrected chi connectivity index (χ2v) is 3.33. The minimum Gasteiger partial charge on any atom is -0.304 e. The van der Waals surface area contributed by atoms with Crippen molar-refractivity contribution in [3.63, 3.8) is 0 Å². The molecule has 0 amide bonds. The summed E-state index contributed by atoms with van der Waals surface area (Å²) in [5, 5.41) is 0. The van der Waals surface area contributed by atoms with Gasteiger partial charge in [-0.15, -0.1) is 0 Å². The SMILES string of the molecule is CC(C)C1(CON)CC1. The summed E-state index contributed by atoms with van der Waals surface area (Å²) >= 11 is 0. The molecule has 2 N–H and O–H groups in total. The van der Waals surface area contributed by atoms with Crippen molar-refractivity contribution in [1.29, 1.82) is 0 Å². The van der Waals surface area contributed by atoms with Crippen LogP contribution in [0, 0.1) is 11.3 Å². The quantitative estimate of drug-likeness (QED) is 0.583. The van der Waals surface area contributed by atoms with Gasteiger partial charge < -0.3 is 4.84 Å². The highest BCUT2D eigenvalue weighted by Gasteiger charge is 2.45. The zero-order chi connectivity index (χ0) is 6.91. The Kier molecular flexibility index (Phi) is 1.78. The minimum absolute atomic E-state index is 0.453. The normalized spacial score (nSPS) is 22.7. The number of hydrogen-bond acceptors (Lipinski definition) is 2. The molecule has 1 rings (SSSR count). The van der Waals surface area contributed by atoms with Gasteiger partial charge in [-0.3, -0.25) is 0 Å². The van der Waals surface area contributed by atoms with E-state index in [1.165, 1.54) is 12.8 Å². The molecule has 1 aliphatic rings. The van der Waals surface area contributed by atoms with Crippen LogP contribution >= 0.6 is 0 Å². The average molecular weight is 129 g/mol. The molecular formula is C7H15NO. The molecule has 0 saturated heterocycles. The highest BCUT2D eigenvalue weighted by atomic mass is 16.6. The van der Waals surface area contributed by atoms with Crippen LogP contribution < -0.4 is 5.90 Å². The van der Waals surface area contributed by atoms with Crippen LogP contribution in [0.15, 0.2) is 0 Å². The van der Waals surface area contributed by atoms with Crippen molar-refractivity contribution in [3.05, 3.63) is 0 Å². The Labute approximate surface area is 56.3 Å². The molecule has 2 nitrogen and oxygen atoms in total. The molecule has 1 saturated carbocycles. The molecule has 0 aliphatic heterocycles. The van der Waals surface area contributed by atoms with Gasteiger partial charge in [0.2, 0.25) is 0 Å². The van der Waals surface area contributed by atoms with E-state index in [2.05, 4.69) is 18.7 Å². The van der Waals surface area contributed by atoms with E-state index in [0.717, 1.165) is 12.5 Å². The van der Waals surface area contributed by atoms with E-state index in [-0.39, 0.29) is 0 Å². The molecule has 0 aromatic rings. The maximum atomic E-state index is 4.99. The topological polar surface area (TPSA) is 35.2 Å². The first-order chi connectivity index (χ1) is 4.21. The first kappa shape index (κ1) is 7.03. The number of rotatable bonds is 3. The fourth-order valence-corrected chi connectivity index (χ4v) is 1.21. The van der Waals surface area contributed by atoms with E-state index >= 15 is 0 Å². The van der Waals surface area contributed by atoms with Gasteiger partial charge >= 0.3 is 0 Å². The molecule has 0 bridgehead atoms. The van der Waals surface area contributed by atoms with E-state index in [1.54, 1.807) is 0 Å². The Bertz CT molecular complexity index is 97.1. The van der Waals surface area contributed by atoms with Crippen LogP contribution in [-0.2, 0) is 4.84 Å². The Balaban J connectivity index is 2.33. The standard InChI is InChI=1S/C7H15NO/c1-6(2)7(3-4-7)5-9-8/h6H,3-5,8H2,1-2H3. The minimum atomic E-state index is 0.453. The van der Waals surface area contributed by atoms with Crippen molar-refractivity contribution in [3.8, 4) is 0 Å². The van der Waals surface area contributed by atoms with Crippen molar-refractivity contribution in [1.82, 2.24) is 0 Å². The molecule has 2 heteroatoms. The van der Waals surface area contributed by atoms with Crippen LogP contribution in [0.2, 0.25) is 0 Å². The van der Waals surface area contributed by atoms with Gasteiger partial charge in [-0.25, -0.2) is 5.90 Å². The Morgan fingerprint density at radius 3 is 2.22 bits per heavy atom. The first-order valence-electron chi connectivity index (χ1n) is 3.53. The van der Waals surface area contributed by atoms with E-state index < -0.39 is 0 Å². The van der Waals surface area contributed by atoms with Gasteiger partial charge in [0.1, 0.15) is 0 Å². The highest BCUT2D eigenvalue weighted by molar-refractivity contribution is 4.94. The van der Waals surface area contributed by atoms with Crippen LogP contribution in [0.4, 0.5) is 0 Å². The van der Waals surface area contributed by atoms with Gasteiger partial charge in [0.15, 0.2) is 0 Å². The van der Waals surface area contributed by atoms with Crippen molar-refractivity contribution in [2.45, 2.75) is 26.7 Å². The average Bonchev–Trinajstić information content (AvgIpc) is 2.49. The molecular weight excluding hydrogens is 114 g/mol. The second kappa shape index (κ2) is 2.27. The number of hydrogen-bond donors (Lipinski definition) is 1. The van der Waals surface area contributed by atoms with E-state index in [9.17, 15) is 0 Å². The van der Waals surface area contributed by atoms with Gasteiger partial charge in [0.25, 0.3) is 0 Å². The van der Waals surface area contributed by atoms with E-state index in [1.807, 2.05) is 0 Å². The van der Waals surface area contributed by atoms with E-state index in [0.29, 0.717) is 5.41 Å². The molecule has 0 radical (unpaired) electrons. The third kappa shape index (κ3) is 1.25. The van der Waals surface area contributed by atoms with Crippen LogP contribution in [0.1, 0.15) is 26.7 Å². The van der Waals surface area contributed by atoms with Crippen LogP contribution in [0.3, 0.4) is 0 Å². The third-order valence-corrected chi connectivity index (χ3v) is 2.49. The van der Waals surface area contributed by atoms with Crippen LogP contribution in [0.25, 0.3) is 0 Å². The summed E-state index contributed by atoms with van der Waals surface area (Å²) < 4.78 is 0. The van der Waals surface area contributed by atoms with Gasteiger partial charge in [-0.05, 0) is 24.2 Å². The summed E-state index contributed by atoms with van der Waals surface area (Å²) in [6.45, 7) is 5.20. The second-order valence-electron chi connectivity index (χ2n) is 3.33. The highest BCUT2D eigenvalue weighted by Crippen LogP contribution is 2.51. The number of nitrogens with two attached hydrogens (primary N) is 1. The third-order valence-electron chi connectivity index (χ3n) is 2.49. The summed E-state index contributed by atoms with van der Waals surface area (Å²) in [5.74, 6) is 5.72. The van der Waals surface area contributed by atoms with Crippen LogP contribution in [-0.4, -0.2) is 6.61 Å². The lowest BCUT2D eigenvalue weighted by molar-refractivity contribution is 0.0723. The molecule has 9 heavy (non-hydrogen) atoms. The van der Waals surface area contributed by atoms with Crippen molar-refractivity contribution in [2.75, 3.05) is 6.61 Å². The fraction of sp³-hybridized carbons (Fsp3) is 1.00. The molecule has 0 heterocycles. The van der Waals surface area contributed by atoms with Crippen LogP contribution in [0.5, 0.6) is 0 Å². The molecule has 0 aromatic heterocycles. The van der Waals surface area contributed by atoms with E-state index in [4.69, 9.17) is 5.90 Å². The van der Waals surface area contributed by atoms with Crippen molar-refractivity contribution < 1.29 is 4.84 Å². The van der Waals surface area contributed by atoms with Gasteiger partial charge in [-0.2, -0.15) is 0 Å².